The van der Waals surface area contributed by atoms with Crippen molar-refractivity contribution in [2.45, 2.75) is 19.5 Å². The standard InChI is InChI=1S/C26H20N2O4/c1-16-7-6-9-18(13-16)23-22(24(29)21-14-17-8-2-3-11-20(17)32-21)25(30)26(31)28(23)15-19-10-4-5-12-27-19/h2-14,23,30H,15H2,1H3. The van der Waals surface area contributed by atoms with Gasteiger partial charge in [-0.2, -0.15) is 0 Å². The molecule has 1 N–H and O–H groups in total. The first-order chi connectivity index (χ1) is 15.5. The smallest absolute Gasteiger partial charge is 0.290 e. The van der Waals surface area contributed by atoms with Crippen LogP contribution in [0.15, 0.2) is 94.7 Å². The number of carbonyl (C=O) groups excluding carboxylic acids is 2. The van der Waals surface area contributed by atoms with Crippen molar-refractivity contribution in [3.05, 3.63) is 113 Å². The Hall–Kier alpha value is -4.19. The Balaban J connectivity index is 1.61. The Morgan fingerprint density at radius 3 is 2.62 bits per heavy atom. The second kappa shape index (κ2) is 7.81. The molecule has 0 saturated carbocycles. The van der Waals surface area contributed by atoms with Gasteiger partial charge < -0.3 is 14.4 Å². The predicted octanol–water partition coefficient (Wildman–Crippen LogP) is 4.91. The number of fused-ring (bicyclic) bond motifs is 1. The van der Waals surface area contributed by atoms with Gasteiger partial charge in [-0.15, -0.1) is 0 Å². The van der Waals surface area contributed by atoms with Crippen LogP contribution < -0.4 is 0 Å². The Kier molecular flexibility index (Phi) is 4.82. The highest BCUT2D eigenvalue weighted by molar-refractivity contribution is 6.16. The Morgan fingerprint density at radius 1 is 1.06 bits per heavy atom. The molecule has 3 heterocycles. The van der Waals surface area contributed by atoms with Crippen LogP contribution in [0.2, 0.25) is 0 Å². The van der Waals surface area contributed by atoms with Gasteiger partial charge in [0.25, 0.3) is 5.91 Å². The number of aryl methyl sites for hydroxylation is 1. The normalized spacial score (nSPS) is 16.2. The van der Waals surface area contributed by atoms with Crippen molar-refractivity contribution in [2.24, 2.45) is 0 Å². The first kappa shape index (κ1) is 19.8. The number of carbonyl (C=O) groups is 2. The van der Waals surface area contributed by atoms with Crippen LogP contribution in [-0.2, 0) is 11.3 Å². The number of amides is 1. The Morgan fingerprint density at radius 2 is 1.88 bits per heavy atom. The lowest BCUT2D eigenvalue weighted by Gasteiger charge is -2.26. The van der Waals surface area contributed by atoms with Crippen LogP contribution in [0.5, 0.6) is 0 Å². The molecular formula is C26H20N2O4. The molecule has 0 fully saturated rings. The average Bonchev–Trinajstić information content (AvgIpc) is 3.34. The first-order valence-electron chi connectivity index (χ1n) is 10.3. The van der Waals surface area contributed by atoms with Crippen molar-refractivity contribution >= 4 is 22.7 Å². The zero-order valence-corrected chi connectivity index (χ0v) is 17.4. The number of hydrogen-bond donors (Lipinski definition) is 1. The van der Waals surface area contributed by atoms with Crippen LogP contribution >= 0.6 is 0 Å². The SMILES string of the molecule is Cc1cccc(C2C(C(=O)c3cc4ccccc4o3)=C(O)C(=O)N2Cc2ccccn2)c1. The fourth-order valence-electron chi connectivity index (χ4n) is 4.13. The molecule has 6 nitrogen and oxygen atoms in total. The quantitative estimate of drug-likeness (QED) is 0.460. The van der Waals surface area contributed by atoms with E-state index in [4.69, 9.17) is 4.42 Å². The average molecular weight is 424 g/mol. The molecule has 0 radical (unpaired) electrons. The van der Waals surface area contributed by atoms with Crippen LogP contribution in [0.25, 0.3) is 11.0 Å². The number of aromatic nitrogens is 1. The molecule has 4 aromatic rings. The Bertz CT molecular complexity index is 1340. The third kappa shape index (κ3) is 3.36. The minimum Gasteiger partial charge on any atom is -0.503 e. The number of furan rings is 1. The summed E-state index contributed by atoms with van der Waals surface area (Å²) in [5.41, 5.74) is 2.95. The van der Waals surface area contributed by atoms with E-state index in [0.29, 0.717) is 11.3 Å². The van der Waals surface area contributed by atoms with Gasteiger partial charge in [-0.05, 0) is 36.8 Å². The fraction of sp³-hybridized carbons (Fsp3) is 0.115. The number of pyridine rings is 1. The zero-order valence-electron chi connectivity index (χ0n) is 17.4. The predicted molar refractivity (Wildman–Crippen MR) is 119 cm³/mol. The number of hydrogen-bond acceptors (Lipinski definition) is 5. The second-order valence-corrected chi connectivity index (χ2v) is 7.81. The summed E-state index contributed by atoms with van der Waals surface area (Å²) >= 11 is 0. The van der Waals surface area contributed by atoms with E-state index in [2.05, 4.69) is 4.98 Å². The third-order valence-corrected chi connectivity index (χ3v) is 5.61. The van der Waals surface area contributed by atoms with Gasteiger partial charge in [0.15, 0.2) is 11.5 Å². The van der Waals surface area contributed by atoms with Crippen molar-refractivity contribution in [1.29, 1.82) is 0 Å². The summed E-state index contributed by atoms with van der Waals surface area (Å²) in [5.74, 6) is -1.60. The molecule has 0 saturated heterocycles. The number of benzene rings is 2. The molecule has 0 spiro atoms. The van der Waals surface area contributed by atoms with Crippen LogP contribution in [-0.4, -0.2) is 26.7 Å². The van der Waals surface area contributed by atoms with Gasteiger partial charge >= 0.3 is 0 Å². The van der Waals surface area contributed by atoms with Crippen LogP contribution in [0.1, 0.15) is 33.4 Å². The molecule has 5 rings (SSSR count). The largest absolute Gasteiger partial charge is 0.503 e. The first-order valence-corrected chi connectivity index (χ1v) is 10.3. The molecule has 1 aliphatic rings. The van der Waals surface area contributed by atoms with Crippen molar-refractivity contribution in [1.82, 2.24) is 9.88 Å². The number of para-hydroxylation sites is 1. The minimum absolute atomic E-state index is 0.00980. The van der Waals surface area contributed by atoms with Gasteiger partial charge in [-0.3, -0.25) is 14.6 Å². The summed E-state index contributed by atoms with van der Waals surface area (Å²) in [6.45, 7) is 2.09. The molecule has 2 aromatic carbocycles. The molecule has 2 aromatic heterocycles. The van der Waals surface area contributed by atoms with Crippen molar-refractivity contribution in [3.8, 4) is 0 Å². The molecule has 1 amide bonds. The maximum atomic E-state index is 13.5. The summed E-state index contributed by atoms with van der Waals surface area (Å²) in [5, 5.41) is 11.6. The van der Waals surface area contributed by atoms with Gasteiger partial charge in [0.05, 0.1) is 23.9 Å². The van der Waals surface area contributed by atoms with E-state index in [1.165, 1.54) is 4.90 Å². The summed E-state index contributed by atoms with van der Waals surface area (Å²) in [7, 11) is 0. The van der Waals surface area contributed by atoms with Crippen LogP contribution in [0.3, 0.4) is 0 Å². The number of aliphatic hydroxyl groups excluding tert-OH is 1. The van der Waals surface area contributed by atoms with Gasteiger partial charge in [0.2, 0.25) is 5.78 Å². The third-order valence-electron chi connectivity index (χ3n) is 5.61. The number of rotatable bonds is 5. The van der Waals surface area contributed by atoms with E-state index in [9.17, 15) is 14.7 Å². The highest BCUT2D eigenvalue weighted by Crippen LogP contribution is 2.40. The van der Waals surface area contributed by atoms with E-state index in [-0.39, 0.29) is 17.9 Å². The maximum Gasteiger partial charge on any atom is 0.290 e. The molecule has 6 heteroatoms. The summed E-state index contributed by atoms with van der Waals surface area (Å²) in [6, 6.07) is 21.2. The van der Waals surface area contributed by atoms with Gasteiger partial charge in [-0.25, -0.2) is 0 Å². The lowest BCUT2D eigenvalue weighted by atomic mass is 9.94. The summed E-state index contributed by atoms with van der Waals surface area (Å²) in [6.07, 6.45) is 1.64. The topological polar surface area (TPSA) is 83.6 Å². The van der Waals surface area contributed by atoms with E-state index < -0.39 is 23.5 Å². The molecule has 0 bridgehead atoms. The van der Waals surface area contributed by atoms with E-state index >= 15 is 0 Å². The molecule has 158 valence electrons. The van der Waals surface area contributed by atoms with E-state index in [0.717, 1.165) is 16.5 Å². The lowest BCUT2D eigenvalue weighted by Crippen LogP contribution is -2.31. The fourth-order valence-corrected chi connectivity index (χ4v) is 4.13. The molecule has 1 atom stereocenters. The lowest BCUT2D eigenvalue weighted by molar-refractivity contribution is -0.130. The zero-order chi connectivity index (χ0) is 22.2. The van der Waals surface area contributed by atoms with E-state index in [1.54, 1.807) is 30.5 Å². The van der Waals surface area contributed by atoms with Crippen LogP contribution in [0, 0.1) is 6.92 Å². The molecule has 0 aliphatic carbocycles. The van der Waals surface area contributed by atoms with Crippen LogP contribution in [0.4, 0.5) is 0 Å². The summed E-state index contributed by atoms with van der Waals surface area (Å²) in [4.78, 5) is 32.4. The second-order valence-electron chi connectivity index (χ2n) is 7.81. The Labute approximate surface area is 184 Å². The van der Waals surface area contributed by atoms with Gasteiger partial charge in [0.1, 0.15) is 5.58 Å². The van der Waals surface area contributed by atoms with Crippen molar-refractivity contribution in [2.75, 3.05) is 0 Å². The molecule has 1 unspecified atom stereocenters. The van der Waals surface area contributed by atoms with Crippen molar-refractivity contribution < 1.29 is 19.1 Å². The molecule has 1 aliphatic heterocycles. The highest BCUT2D eigenvalue weighted by atomic mass is 16.3. The maximum absolute atomic E-state index is 13.5. The van der Waals surface area contributed by atoms with Gasteiger partial charge in [-0.1, -0.05) is 54.1 Å². The number of Topliss-reactive ketones (excluding diaryl/α,β-unsaturated/α-hetero) is 1. The summed E-state index contributed by atoms with van der Waals surface area (Å²) < 4.78 is 5.75. The van der Waals surface area contributed by atoms with Gasteiger partial charge in [0, 0.05) is 11.6 Å². The monoisotopic (exact) mass is 424 g/mol. The molecule has 32 heavy (non-hydrogen) atoms. The number of ketones is 1. The molecular weight excluding hydrogens is 404 g/mol. The van der Waals surface area contributed by atoms with Crippen molar-refractivity contribution in [3.63, 3.8) is 0 Å². The minimum atomic E-state index is -0.759. The number of nitrogens with zero attached hydrogens (tertiary/aromatic N) is 2. The number of aliphatic hydroxyl groups is 1. The highest BCUT2D eigenvalue weighted by Gasteiger charge is 2.44. The van der Waals surface area contributed by atoms with E-state index in [1.807, 2.05) is 55.5 Å².